The second-order valence-corrected chi connectivity index (χ2v) is 5.99. The van der Waals surface area contributed by atoms with Crippen LogP contribution in [0.4, 0.5) is 0 Å². The molecule has 1 aromatic carbocycles. The van der Waals surface area contributed by atoms with Crippen molar-refractivity contribution in [2.75, 3.05) is 26.2 Å². The van der Waals surface area contributed by atoms with Crippen molar-refractivity contribution in [3.63, 3.8) is 0 Å². The lowest BCUT2D eigenvalue weighted by Crippen LogP contribution is -2.41. The predicted molar refractivity (Wildman–Crippen MR) is 99.4 cm³/mol. The van der Waals surface area contributed by atoms with Crippen LogP contribution in [0.3, 0.4) is 0 Å². The molecule has 3 rings (SSSR count). The van der Waals surface area contributed by atoms with Gasteiger partial charge < -0.3 is 15.4 Å². The van der Waals surface area contributed by atoms with Crippen molar-refractivity contribution < 1.29 is 9.53 Å². The molecular weight excluding hydrogens is 340 g/mol. The summed E-state index contributed by atoms with van der Waals surface area (Å²) in [6, 6.07) is 11.6. The summed E-state index contributed by atoms with van der Waals surface area (Å²) in [6.45, 7) is 2.78. The molecule has 0 saturated carbocycles. The van der Waals surface area contributed by atoms with Gasteiger partial charge in [-0.2, -0.15) is 5.10 Å². The first kappa shape index (κ1) is 19.4. The van der Waals surface area contributed by atoms with Gasteiger partial charge in [-0.3, -0.25) is 4.79 Å². The van der Waals surface area contributed by atoms with Crippen LogP contribution in [-0.2, 0) is 4.74 Å². The fraction of sp³-hybridized carbons (Fsp3) is 0.444. The van der Waals surface area contributed by atoms with E-state index in [0.717, 1.165) is 24.9 Å². The van der Waals surface area contributed by atoms with Crippen molar-refractivity contribution in [3.8, 4) is 5.69 Å². The molecule has 0 atom stereocenters. The zero-order chi connectivity index (χ0) is 16.8. The molecule has 6 nitrogen and oxygen atoms in total. The van der Waals surface area contributed by atoms with E-state index in [-0.39, 0.29) is 24.4 Å². The quantitative estimate of drug-likeness (QED) is 0.798. The van der Waals surface area contributed by atoms with Crippen LogP contribution in [0.2, 0.25) is 0 Å². The molecule has 0 aliphatic carbocycles. The zero-order valence-electron chi connectivity index (χ0n) is 14.2. The van der Waals surface area contributed by atoms with Gasteiger partial charge in [0.05, 0.1) is 11.8 Å². The Bertz CT molecular complexity index is 654. The lowest BCUT2D eigenvalue weighted by molar-refractivity contribution is 0.00828. The van der Waals surface area contributed by atoms with Crippen LogP contribution in [0.5, 0.6) is 0 Å². The summed E-state index contributed by atoms with van der Waals surface area (Å²) >= 11 is 0. The van der Waals surface area contributed by atoms with Crippen LogP contribution < -0.4 is 5.73 Å². The molecule has 0 radical (unpaired) electrons. The van der Waals surface area contributed by atoms with Crippen molar-refractivity contribution >= 4 is 18.3 Å². The summed E-state index contributed by atoms with van der Waals surface area (Å²) in [7, 11) is 0. The summed E-state index contributed by atoms with van der Waals surface area (Å²) in [4.78, 5) is 14.5. The van der Waals surface area contributed by atoms with Crippen molar-refractivity contribution in [2.24, 2.45) is 5.73 Å². The summed E-state index contributed by atoms with van der Waals surface area (Å²) in [5.41, 5.74) is 6.91. The Hall–Kier alpha value is -1.89. The van der Waals surface area contributed by atoms with Gasteiger partial charge in [0.2, 0.25) is 0 Å². The highest BCUT2D eigenvalue weighted by Gasteiger charge is 2.25. The molecule has 2 aromatic rings. The Morgan fingerprint density at radius 3 is 2.60 bits per heavy atom. The number of likely N-dealkylation sites (tertiary alicyclic amines) is 1. The zero-order valence-corrected chi connectivity index (χ0v) is 15.0. The molecule has 25 heavy (non-hydrogen) atoms. The maximum absolute atomic E-state index is 12.6. The Kier molecular flexibility index (Phi) is 7.43. The Morgan fingerprint density at radius 2 is 1.92 bits per heavy atom. The summed E-state index contributed by atoms with van der Waals surface area (Å²) in [6.07, 6.45) is 4.69. The Morgan fingerprint density at radius 1 is 1.20 bits per heavy atom. The first-order chi connectivity index (χ1) is 11.8. The molecular formula is C18H25ClN4O2. The largest absolute Gasteiger partial charge is 0.378 e. The molecule has 0 unspecified atom stereocenters. The molecule has 1 fully saturated rings. The molecule has 1 aliphatic heterocycles. The van der Waals surface area contributed by atoms with Crippen LogP contribution in [0.25, 0.3) is 5.69 Å². The molecule has 136 valence electrons. The van der Waals surface area contributed by atoms with Gasteiger partial charge in [-0.15, -0.1) is 12.4 Å². The number of carbonyl (C=O) groups is 1. The van der Waals surface area contributed by atoms with E-state index in [1.54, 1.807) is 10.7 Å². The topological polar surface area (TPSA) is 73.4 Å². The fourth-order valence-electron chi connectivity index (χ4n) is 2.88. The van der Waals surface area contributed by atoms with Crippen LogP contribution in [0, 0.1) is 0 Å². The van der Waals surface area contributed by atoms with E-state index in [4.69, 9.17) is 10.5 Å². The predicted octanol–water partition coefficient (Wildman–Crippen LogP) is 2.26. The molecule has 7 heteroatoms. The number of hydrogen-bond donors (Lipinski definition) is 1. The fourth-order valence-corrected chi connectivity index (χ4v) is 2.88. The number of nitrogens with two attached hydrogens (primary N) is 1. The minimum atomic E-state index is -0.00918. The van der Waals surface area contributed by atoms with Crippen molar-refractivity contribution in [2.45, 2.75) is 25.4 Å². The number of para-hydroxylation sites is 1. The Balaban J connectivity index is 0.00000225. The average molecular weight is 365 g/mol. The monoisotopic (exact) mass is 364 g/mol. The first-order valence-corrected chi connectivity index (χ1v) is 8.50. The molecule has 1 amide bonds. The molecule has 1 saturated heterocycles. The highest BCUT2D eigenvalue weighted by Crippen LogP contribution is 2.16. The maximum atomic E-state index is 12.6. The van der Waals surface area contributed by atoms with Crippen molar-refractivity contribution in [1.82, 2.24) is 14.7 Å². The molecule has 2 N–H and O–H groups in total. The van der Waals surface area contributed by atoms with Crippen molar-refractivity contribution in [3.05, 3.63) is 48.3 Å². The number of halogens is 1. The standard InChI is InChI=1S/C18H24N4O2.ClH/c19-10-4-14-24-16-7-11-21(12-8-16)18(23)17-9-13-22(20-17)15-5-2-1-3-6-15;/h1-3,5-6,9,13,16H,4,7-8,10-12,14,19H2;1H. The molecule has 0 spiro atoms. The average Bonchev–Trinajstić information content (AvgIpc) is 3.13. The minimum absolute atomic E-state index is 0. The second-order valence-electron chi connectivity index (χ2n) is 5.99. The molecule has 2 heterocycles. The van der Waals surface area contributed by atoms with Gasteiger partial charge >= 0.3 is 0 Å². The number of benzene rings is 1. The first-order valence-electron chi connectivity index (χ1n) is 8.50. The number of amides is 1. The van der Waals surface area contributed by atoms with Crippen LogP contribution in [0.15, 0.2) is 42.6 Å². The summed E-state index contributed by atoms with van der Waals surface area (Å²) in [5.74, 6) is -0.00918. The van der Waals surface area contributed by atoms with E-state index in [9.17, 15) is 4.79 Å². The second kappa shape index (κ2) is 9.56. The van der Waals surface area contributed by atoms with Gasteiger partial charge in [0.25, 0.3) is 5.91 Å². The highest BCUT2D eigenvalue weighted by molar-refractivity contribution is 5.92. The van der Waals surface area contributed by atoms with Gasteiger partial charge in [0, 0.05) is 25.9 Å². The number of carbonyl (C=O) groups excluding carboxylic acids is 1. The summed E-state index contributed by atoms with van der Waals surface area (Å²) < 4.78 is 7.51. The highest BCUT2D eigenvalue weighted by atomic mass is 35.5. The van der Waals surface area contributed by atoms with Crippen LogP contribution in [-0.4, -0.2) is 52.9 Å². The lowest BCUT2D eigenvalue weighted by atomic mass is 10.1. The number of piperidine rings is 1. The lowest BCUT2D eigenvalue weighted by Gasteiger charge is -2.31. The van der Waals surface area contributed by atoms with E-state index in [1.807, 2.05) is 41.4 Å². The van der Waals surface area contributed by atoms with Crippen molar-refractivity contribution in [1.29, 1.82) is 0 Å². The maximum Gasteiger partial charge on any atom is 0.274 e. The van der Waals surface area contributed by atoms with Crippen LogP contribution >= 0.6 is 12.4 Å². The number of aromatic nitrogens is 2. The van der Waals surface area contributed by atoms with Gasteiger partial charge in [0.15, 0.2) is 5.69 Å². The van der Waals surface area contributed by atoms with Gasteiger partial charge in [0.1, 0.15) is 0 Å². The molecule has 1 aromatic heterocycles. The van der Waals surface area contributed by atoms with Gasteiger partial charge in [-0.1, -0.05) is 18.2 Å². The van der Waals surface area contributed by atoms with E-state index < -0.39 is 0 Å². The minimum Gasteiger partial charge on any atom is -0.378 e. The number of ether oxygens (including phenoxy) is 1. The third-order valence-corrected chi connectivity index (χ3v) is 4.26. The van der Waals surface area contributed by atoms with E-state index >= 15 is 0 Å². The van der Waals surface area contributed by atoms with E-state index in [0.29, 0.717) is 31.9 Å². The van der Waals surface area contributed by atoms with Gasteiger partial charge in [-0.25, -0.2) is 4.68 Å². The van der Waals surface area contributed by atoms with Gasteiger partial charge in [-0.05, 0) is 44.0 Å². The third-order valence-electron chi connectivity index (χ3n) is 4.26. The van der Waals surface area contributed by atoms with E-state index in [1.165, 1.54) is 0 Å². The third kappa shape index (κ3) is 5.04. The number of nitrogens with zero attached hydrogens (tertiary/aromatic N) is 3. The summed E-state index contributed by atoms with van der Waals surface area (Å²) in [5, 5.41) is 4.42. The van der Waals surface area contributed by atoms with E-state index in [2.05, 4.69) is 5.10 Å². The number of rotatable bonds is 6. The van der Waals surface area contributed by atoms with Crippen LogP contribution in [0.1, 0.15) is 29.8 Å². The number of hydrogen-bond acceptors (Lipinski definition) is 4. The SMILES string of the molecule is Cl.NCCCOC1CCN(C(=O)c2ccn(-c3ccccc3)n2)CC1. The smallest absolute Gasteiger partial charge is 0.274 e. The normalized spacial score (nSPS) is 15.0. The molecule has 1 aliphatic rings. The Labute approximate surface area is 154 Å². The molecule has 0 bridgehead atoms.